The van der Waals surface area contributed by atoms with Crippen LogP contribution < -0.4 is 0 Å². The molecule has 12 heavy (non-hydrogen) atoms. The Hall–Kier alpha value is -0.260. The third-order valence-corrected chi connectivity index (χ3v) is 4.24. The van der Waals surface area contributed by atoms with E-state index in [-0.39, 0.29) is 0 Å². The van der Waals surface area contributed by atoms with E-state index in [1.54, 1.807) is 5.57 Å². The van der Waals surface area contributed by atoms with E-state index >= 15 is 0 Å². The summed E-state index contributed by atoms with van der Waals surface area (Å²) in [5.74, 6) is 1.03. The first-order valence-electron chi connectivity index (χ1n) is 5.43. The molecule has 0 saturated heterocycles. The molecule has 0 unspecified atom stereocenters. The van der Waals surface area contributed by atoms with E-state index in [9.17, 15) is 0 Å². The van der Waals surface area contributed by atoms with Gasteiger partial charge < -0.3 is 0 Å². The van der Waals surface area contributed by atoms with E-state index in [4.69, 9.17) is 0 Å². The quantitative estimate of drug-likeness (QED) is 0.476. The molecule has 2 saturated carbocycles. The summed E-state index contributed by atoms with van der Waals surface area (Å²) in [6, 6.07) is 0. The van der Waals surface area contributed by atoms with Crippen molar-refractivity contribution in [2.24, 2.45) is 11.3 Å². The number of rotatable bonds is 0. The first kappa shape index (κ1) is 8.34. The van der Waals surface area contributed by atoms with Crippen molar-refractivity contribution < 1.29 is 0 Å². The van der Waals surface area contributed by atoms with Crippen molar-refractivity contribution in [3.05, 3.63) is 11.6 Å². The van der Waals surface area contributed by atoms with Crippen LogP contribution in [0.4, 0.5) is 0 Å². The van der Waals surface area contributed by atoms with Gasteiger partial charge >= 0.3 is 0 Å². The molecular weight excluding hydrogens is 144 g/mol. The highest BCUT2D eigenvalue weighted by Crippen LogP contribution is 2.54. The van der Waals surface area contributed by atoms with Gasteiger partial charge in [0, 0.05) is 0 Å². The second-order valence-electron chi connectivity index (χ2n) is 4.71. The first-order chi connectivity index (χ1) is 5.77. The molecule has 0 amide bonds. The molecule has 0 aromatic carbocycles. The van der Waals surface area contributed by atoms with Gasteiger partial charge in [-0.2, -0.15) is 0 Å². The van der Waals surface area contributed by atoms with Gasteiger partial charge in [0.1, 0.15) is 0 Å². The van der Waals surface area contributed by atoms with Crippen molar-refractivity contribution in [3.63, 3.8) is 0 Å². The molecule has 0 radical (unpaired) electrons. The number of hydrogen-bond donors (Lipinski definition) is 0. The average Bonchev–Trinajstić information content (AvgIpc) is 2.41. The Balaban J connectivity index is 2.25. The lowest BCUT2D eigenvalue weighted by molar-refractivity contribution is 0.188. The van der Waals surface area contributed by atoms with Gasteiger partial charge in [-0.05, 0) is 43.9 Å². The summed E-state index contributed by atoms with van der Waals surface area (Å²) in [5.41, 5.74) is 2.37. The van der Waals surface area contributed by atoms with Crippen LogP contribution in [0.15, 0.2) is 11.6 Å². The zero-order valence-electron chi connectivity index (χ0n) is 8.40. The predicted octanol–water partition coefficient (Wildman–Crippen LogP) is 3.92. The van der Waals surface area contributed by atoms with E-state index in [1.165, 1.54) is 38.5 Å². The molecule has 0 nitrogen and oxygen atoms in total. The molecule has 0 aliphatic heterocycles. The van der Waals surface area contributed by atoms with Crippen molar-refractivity contribution in [1.82, 2.24) is 0 Å². The van der Waals surface area contributed by atoms with E-state index in [0.717, 1.165) is 5.92 Å². The average molecular weight is 164 g/mol. The zero-order valence-corrected chi connectivity index (χ0v) is 8.40. The SMILES string of the molecule is C/C=C1/CC[C@@H]2CCCC[C@@]12C. The smallest absolute Gasteiger partial charge is 0.00881 e. The molecular formula is C12H20. The Morgan fingerprint density at radius 2 is 2.17 bits per heavy atom. The largest absolute Gasteiger partial charge is 0.0879 e. The van der Waals surface area contributed by atoms with E-state index in [1.807, 2.05) is 0 Å². The van der Waals surface area contributed by atoms with Gasteiger partial charge in [0.25, 0.3) is 0 Å². The Labute approximate surface area is 76.1 Å². The molecule has 2 aliphatic rings. The highest BCUT2D eigenvalue weighted by atomic mass is 14.5. The van der Waals surface area contributed by atoms with Gasteiger partial charge in [0.15, 0.2) is 0 Å². The van der Waals surface area contributed by atoms with E-state index in [2.05, 4.69) is 19.9 Å². The van der Waals surface area contributed by atoms with E-state index < -0.39 is 0 Å². The van der Waals surface area contributed by atoms with Crippen molar-refractivity contribution >= 4 is 0 Å². The molecule has 2 fully saturated rings. The molecule has 2 atom stereocenters. The van der Waals surface area contributed by atoms with Crippen LogP contribution in [0.1, 0.15) is 52.4 Å². The fourth-order valence-corrected chi connectivity index (χ4v) is 3.38. The topological polar surface area (TPSA) is 0 Å². The fraction of sp³-hybridized carbons (Fsp3) is 0.833. The van der Waals surface area contributed by atoms with Crippen LogP contribution in [0.2, 0.25) is 0 Å². The van der Waals surface area contributed by atoms with Crippen LogP contribution in [-0.4, -0.2) is 0 Å². The lowest BCUT2D eigenvalue weighted by Gasteiger charge is -2.37. The molecule has 0 N–H and O–H groups in total. The van der Waals surface area contributed by atoms with Crippen LogP contribution >= 0.6 is 0 Å². The third-order valence-electron chi connectivity index (χ3n) is 4.24. The first-order valence-corrected chi connectivity index (χ1v) is 5.43. The van der Waals surface area contributed by atoms with Gasteiger partial charge in [-0.25, -0.2) is 0 Å². The number of allylic oxidation sites excluding steroid dienone is 2. The second kappa shape index (κ2) is 2.90. The highest BCUT2D eigenvalue weighted by Gasteiger charge is 2.42. The van der Waals surface area contributed by atoms with Gasteiger partial charge in [-0.3, -0.25) is 0 Å². The molecule has 0 aromatic rings. The minimum atomic E-state index is 0.618. The molecule has 2 rings (SSSR count). The molecule has 0 bridgehead atoms. The van der Waals surface area contributed by atoms with Gasteiger partial charge in [0.2, 0.25) is 0 Å². The summed E-state index contributed by atoms with van der Waals surface area (Å²) in [4.78, 5) is 0. The Bertz CT molecular complexity index is 202. The summed E-state index contributed by atoms with van der Waals surface area (Å²) in [6.45, 7) is 4.72. The maximum atomic E-state index is 2.50. The lowest BCUT2D eigenvalue weighted by atomic mass is 9.68. The van der Waals surface area contributed by atoms with E-state index in [0.29, 0.717) is 5.41 Å². The second-order valence-corrected chi connectivity index (χ2v) is 4.71. The predicted molar refractivity (Wildman–Crippen MR) is 53.1 cm³/mol. The Morgan fingerprint density at radius 1 is 1.33 bits per heavy atom. The molecule has 2 aliphatic carbocycles. The molecule has 0 spiro atoms. The van der Waals surface area contributed by atoms with Crippen LogP contribution in [0.5, 0.6) is 0 Å². The monoisotopic (exact) mass is 164 g/mol. The zero-order chi connectivity index (χ0) is 8.60. The molecule has 68 valence electrons. The third kappa shape index (κ3) is 1.04. The van der Waals surface area contributed by atoms with Crippen LogP contribution in [0.3, 0.4) is 0 Å². The Kier molecular flexibility index (Phi) is 2.02. The minimum Gasteiger partial charge on any atom is -0.0879 e. The number of fused-ring (bicyclic) bond motifs is 1. The van der Waals surface area contributed by atoms with Crippen LogP contribution in [0, 0.1) is 11.3 Å². The summed E-state index contributed by atoms with van der Waals surface area (Å²) in [7, 11) is 0. The fourth-order valence-electron chi connectivity index (χ4n) is 3.38. The molecule has 0 heterocycles. The summed E-state index contributed by atoms with van der Waals surface area (Å²) in [5, 5.41) is 0. The summed E-state index contributed by atoms with van der Waals surface area (Å²) >= 11 is 0. The molecule has 0 heteroatoms. The van der Waals surface area contributed by atoms with Crippen molar-refractivity contribution in [1.29, 1.82) is 0 Å². The highest BCUT2D eigenvalue weighted by molar-refractivity contribution is 5.20. The standard InChI is InChI=1S/C12H20/c1-3-10-7-8-11-6-4-5-9-12(10,11)2/h3,11H,4-9H2,1-2H3/b10-3-/t11-,12-/m0/s1. The Morgan fingerprint density at radius 3 is 2.92 bits per heavy atom. The van der Waals surface area contributed by atoms with Crippen LogP contribution in [0.25, 0.3) is 0 Å². The van der Waals surface area contributed by atoms with Crippen molar-refractivity contribution in [2.45, 2.75) is 52.4 Å². The number of hydrogen-bond acceptors (Lipinski definition) is 0. The normalized spacial score (nSPS) is 44.8. The summed E-state index contributed by atoms with van der Waals surface area (Å²) < 4.78 is 0. The maximum absolute atomic E-state index is 2.50. The van der Waals surface area contributed by atoms with Crippen LogP contribution in [-0.2, 0) is 0 Å². The minimum absolute atomic E-state index is 0.618. The maximum Gasteiger partial charge on any atom is -0.00881 e. The van der Waals surface area contributed by atoms with Crippen molar-refractivity contribution in [2.75, 3.05) is 0 Å². The van der Waals surface area contributed by atoms with Gasteiger partial charge in [-0.1, -0.05) is 31.4 Å². The summed E-state index contributed by atoms with van der Waals surface area (Å²) in [6.07, 6.45) is 11.1. The van der Waals surface area contributed by atoms with Crippen molar-refractivity contribution in [3.8, 4) is 0 Å². The lowest BCUT2D eigenvalue weighted by Crippen LogP contribution is -2.26. The van der Waals surface area contributed by atoms with Gasteiger partial charge in [0.05, 0.1) is 0 Å². The molecule has 0 aromatic heterocycles. The van der Waals surface area contributed by atoms with Gasteiger partial charge in [-0.15, -0.1) is 0 Å².